The zero-order valence-electron chi connectivity index (χ0n) is 9.61. The fourth-order valence-corrected chi connectivity index (χ4v) is 3.48. The van der Waals surface area contributed by atoms with Gasteiger partial charge in [-0.15, -0.1) is 22.7 Å². The Bertz CT molecular complexity index is 676. The summed E-state index contributed by atoms with van der Waals surface area (Å²) in [5, 5.41) is 7.76. The van der Waals surface area contributed by atoms with E-state index in [1.807, 2.05) is 13.0 Å². The zero-order chi connectivity index (χ0) is 12.5. The fraction of sp³-hybridized carbons (Fsp3) is 0.167. The first-order valence-corrected chi connectivity index (χ1v) is 7.55. The third-order valence-electron chi connectivity index (χ3n) is 2.58. The highest BCUT2D eigenvalue weighted by Gasteiger charge is 2.10. The Kier molecular flexibility index (Phi) is 3.20. The van der Waals surface area contributed by atoms with Crippen LogP contribution in [0.2, 0.25) is 5.28 Å². The van der Waals surface area contributed by atoms with Crippen LogP contribution in [0.25, 0.3) is 10.2 Å². The van der Waals surface area contributed by atoms with Crippen molar-refractivity contribution in [1.82, 2.24) is 9.97 Å². The molecule has 18 heavy (non-hydrogen) atoms. The molecule has 0 atom stereocenters. The van der Waals surface area contributed by atoms with E-state index in [2.05, 4.69) is 32.1 Å². The Hall–Kier alpha value is -1.17. The van der Waals surface area contributed by atoms with E-state index in [0.29, 0.717) is 0 Å². The topological polar surface area (TPSA) is 37.8 Å². The highest BCUT2D eigenvalue weighted by atomic mass is 35.5. The minimum absolute atomic E-state index is 0.290. The maximum Gasteiger partial charge on any atom is 0.224 e. The average Bonchev–Trinajstić information content (AvgIpc) is 2.97. The monoisotopic (exact) mass is 295 g/mol. The van der Waals surface area contributed by atoms with Crippen molar-refractivity contribution in [1.29, 1.82) is 0 Å². The Labute approximate surface area is 117 Å². The van der Waals surface area contributed by atoms with Crippen molar-refractivity contribution < 1.29 is 0 Å². The SMILES string of the molecule is Cc1csc2c(NCc3cccs3)nc(Cl)nc12. The number of rotatable bonds is 3. The Morgan fingerprint density at radius 1 is 1.33 bits per heavy atom. The van der Waals surface area contributed by atoms with Crippen LogP contribution in [0.4, 0.5) is 5.82 Å². The molecule has 0 spiro atoms. The van der Waals surface area contributed by atoms with Gasteiger partial charge in [0, 0.05) is 4.88 Å². The first kappa shape index (κ1) is 11.9. The number of hydrogen-bond donors (Lipinski definition) is 1. The highest BCUT2D eigenvalue weighted by Crippen LogP contribution is 2.30. The quantitative estimate of drug-likeness (QED) is 0.731. The van der Waals surface area contributed by atoms with Crippen LogP contribution in [-0.2, 0) is 6.54 Å². The molecule has 3 aromatic rings. The van der Waals surface area contributed by atoms with Crippen LogP contribution in [-0.4, -0.2) is 9.97 Å². The lowest BCUT2D eigenvalue weighted by Crippen LogP contribution is -2.01. The molecule has 0 saturated heterocycles. The predicted octanol–water partition coefficient (Wildman–Crippen LogP) is 4.33. The molecule has 92 valence electrons. The number of halogens is 1. The summed E-state index contributed by atoms with van der Waals surface area (Å²) in [4.78, 5) is 9.81. The van der Waals surface area contributed by atoms with Crippen LogP contribution < -0.4 is 5.32 Å². The molecule has 3 nitrogen and oxygen atoms in total. The summed E-state index contributed by atoms with van der Waals surface area (Å²) in [6.07, 6.45) is 0. The number of thiophene rings is 2. The second-order valence-corrected chi connectivity index (χ2v) is 6.12. The summed E-state index contributed by atoms with van der Waals surface area (Å²) in [7, 11) is 0. The third-order valence-corrected chi connectivity index (χ3v) is 4.71. The van der Waals surface area contributed by atoms with E-state index >= 15 is 0 Å². The minimum atomic E-state index is 0.290. The molecule has 3 heterocycles. The first-order valence-electron chi connectivity index (χ1n) is 5.41. The predicted molar refractivity (Wildman–Crippen MR) is 78.8 cm³/mol. The van der Waals surface area contributed by atoms with Crippen molar-refractivity contribution in [3.63, 3.8) is 0 Å². The largest absolute Gasteiger partial charge is 0.364 e. The standard InChI is InChI=1S/C12H10ClN3S2/c1-7-6-18-10-9(7)15-12(13)16-11(10)14-5-8-3-2-4-17-8/h2-4,6H,5H2,1H3,(H,14,15,16). The summed E-state index contributed by atoms with van der Waals surface area (Å²) in [5.41, 5.74) is 2.08. The van der Waals surface area contributed by atoms with Crippen molar-refractivity contribution in [2.75, 3.05) is 5.32 Å². The molecular formula is C12H10ClN3S2. The Morgan fingerprint density at radius 3 is 3.00 bits per heavy atom. The molecular weight excluding hydrogens is 286 g/mol. The van der Waals surface area contributed by atoms with Crippen LogP contribution in [0.5, 0.6) is 0 Å². The molecule has 0 saturated carbocycles. The van der Waals surface area contributed by atoms with E-state index in [0.717, 1.165) is 28.1 Å². The summed E-state index contributed by atoms with van der Waals surface area (Å²) in [5.74, 6) is 0.816. The van der Waals surface area contributed by atoms with Gasteiger partial charge in [-0.25, -0.2) is 4.98 Å². The van der Waals surface area contributed by atoms with E-state index in [9.17, 15) is 0 Å². The molecule has 0 radical (unpaired) electrons. The molecule has 3 rings (SSSR count). The van der Waals surface area contributed by atoms with E-state index in [-0.39, 0.29) is 5.28 Å². The van der Waals surface area contributed by atoms with Gasteiger partial charge in [-0.05, 0) is 40.9 Å². The normalized spacial score (nSPS) is 11.0. The maximum atomic E-state index is 5.96. The number of anilines is 1. The molecule has 3 aromatic heterocycles. The number of hydrogen-bond acceptors (Lipinski definition) is 5. The molecule has 6 heteroatoms. The first-order chi connectivity index (χ1) is 8.74. The van der Waals surface area contributed by atoms with Gasteiger partial charge < -0.3 is 5.32 Å². The van der Waals surface area contributed by atoms with Gasteiger partial charge in [0.15, 0.2) is 0 Å². The lowest BCUT2D eigenvalue weighted by Gasteiger charge is -2.05. The fourth-order valence-electron chi connectivity index (χ4n) is 1.71. The number of aryl methyl sites for hydroxylation is 1. The molecule has 0 aliphatic rings. The maximum absolute atomic E-state index is 5.96. The Morgan fingerprint density at radius 2 is 2.22 bits per heavy atom. The minimum Gasteiger partial charge on any atom is -0.364 e. The molecule has 1 N–H and O–H groups in total. The van der Waals surface area contributed by atoms with Gasteiger partial charge in [0.2, 0.25) is 5.28 Å². The average molecular weight is 296 g/mol. The second-order valence-electron chi connectivity index (χ2n) is 3.87. The van der Waals surface area contributed by atoms with Crippen molar-refractivity contribution in [2.45, 2.75) is 13.5 Å². The number of nitrogens with zero attached hydrogens (tertiary/aromatic N) is 2. The van der Waals surface area contributed by atoms with Crippen LogP contribution in [0.3, 0.4) is 0 Å². The van der Waals surface area contributed by atoms with Crippen LogP contribution in [0.1, 0.15) is 10.4 Å². The summed E-state index contributed by atoms with van der Waals surface area (Å²) in [6, 6.07) is 4.14. The molecule has 0 bridgehead atoms. The van der Waals surface area contributed by atoms with Crippen molar-refractivity contribution in [2.24, 2.45) is 0 Å². The van der Waals surface area contributed by atoms with Gasteiger partial charge in [-0.1, -0.05) is 6.07 Å². The van der Waals surface area contributed by atoms with Gasteiger partial charge in [0.25, 0.3) is 0 Å². The van der Waals surface area contributed by atoms with E-state index < -0.39 is 0 Å². The lowest BCUT2D eigenvalue weighted by atomic mass is 10.3. The van der Waals surface area contributed by atoms with Gasteiger partial charge in [0.1, 0.15) is 5.82 Å². The van der Waals surface area contributed by atoms with Crippen molar-refractivity contribution in [3.05, 3.63) is 38.6 Å². The summed E-state index contributed by atoms with van der Waals surface area (Å²) in [6.45, 7) is 2.79. The van der Waals surface area contributed by atoms with E-state index in [1.165, 1.54) is 4.88 Å². The lowest BCUT2D eigenvalue weighted by molar-refractivity contribution is 1.13. The zero-order valence-corrected chi connectivity index (χ0v) is 12.0. The van der Waals surface area contributed by atoms with Crippen molar-refractivity contribution >= 4 is 50.3 Å². The molecule has 0 unspecified atom stereocenters. The van der Waals surface area contributed by atoms with Crippen LogP contribution in [0, 0.1) is 6.92 Å². The number of fused-ring (bicyclic) bond motifs is 1. The van der Waals surface area contributed by atoms with E-state index in [4.69, 9.17) is 11.6 Å². The van der Waals surface area contributed by atoms with E-state index in [1.54, 1.807) is 22.7 Å². The van der Waals surface area contributed by atoms with Crippen LogP contribution >= 0.6 is 34.3 Å². The Balaban J connectivity index is 1.95. The van der Waals surface area contributed by atoms with Crippen LogP contribution in [0.15, 0.2) is 22.9 Å². The molecule has 0 amide bonds. The van der Waals surface area contributed by atoms with Gasteiger partial charge >= 0.3 is 0 Å². The number of aromatic nitrogens is 2. The molecule has 0 aliphatic heterocycles. The van der Waals surface area contributed by atoms with Gasteiger partial charge in [0.05, 0.1) is 16.8 Å². The summed E-state index contributed by atoms with van der Waals surface area (Å²) >= 11 is 9.32. The smallest absolute Gasteiger partial charge is 0.224 e. The number of nitrogens with one attached hydrogen (secondary N) is 1. The molecule has 0 aliphatic carbocycles. The third kappa shape index (κ3) is 2.21. The second kappa shape index (κ2) is 4.84. The van der Waals surface area contributed by atoms with Gasteiger partial charge in [-0.3, -0.25) is 0 Å². The highest BCUT2D eigenvalue weighted by molar-refractivity contribution is 7.18. The van der Waals surface area contributed by atoms with Crippen molar-refractivity contribution in [3.8, 4) is 0 Å². The molecule has 0 fully saturated rings. The molecule has 0 aromatic carbocycles. The van der Waals surface area contributed by atoms with Gasteiger partial charge in [-0.2, -0.15) is 4.98 Å². The summed E-state index contributed by atoms with van der Waals surface area (Å²) < 4.78 is 1.06.